The van der Waals surface area contributed by atoms with E-state index in [4.69, 9.17) is 9.47 Å². The fourth-order valence-electron chi connectivity index (χ4n) is 7.79. The molecule has 0 radical (unpaired) electrons. The van der Waals surface area contributed by atoms with E-state index < -0.39 is 49.5 Å². The molecule has 0 bridgehead atoms. The highest BCUT2D eigenvalue weighted by atomic mass is 16.7. The minimum Gasteiger partial charge on any atom is -0.394 e. The number of ether oxygens (including phenoxy) is 2. The number of carbonyl (C=O) groups is 1. The van der Waals surface area contributed by atoms with Gasteiger partial charge in [-0.15, -0.1) is 0 Å². The number of aliphatic hydroxyl groups is 5. The maximum Gasteiger partial charge on any atom is 0.220 e. The highest BCUT2D eigenvalue weighted by Crippen LogP contribution is 2.22. The van der Waals surface area contributed by atoms with Crippen molar-refractivity contribution in [2.75, 3.05) is 13.2 Å². The van der Waals surface area contributed by atoms with E-state index in [1.807, 2.05) is 6.08 Å². The summed E-state index contributed by atoms with van der Waals surface area (Å²) in [6.45, 7) is 3.64. The van der Waals surface area contributed by atoms with E-state index in [-0.39, 0.29) is 12.5 Å². The zero-order valence-electron chi connectivity index (χ0n) is 41.2. The zero-order valence-corrected chi connectivity index (χ0v) is 41.2. The van der Waals surface area contributed by atoms with Crippen LogP contribution < -0.4 is 5.32 Å². The Bertz CT molecular complexity index is 1290. The van der Waals surface area contributed by atoms with E-state index in [1.54, 1.807) is 6.08 Å². The number of aliphatic hydroxyl groups excluding tert-OH is 5. The van der Waals surface area contributed by atoms with Gasteiger partial charge in [-0.2, -0.15) is 0 Å². The van der Waals surface area contributed by atoms with Gasteiger partial charge in [0, 0.05) is 6.42 Å². The zero-order chi connectivity index (χ0) is 47.3. The minimum atomic E-state index is -1.58. The van der Waals surface area contributed by atoms with Crippen LogP contribution in [0.25, 0.3) is 0 Å². The van der Waals surface area contributed by atoms with Crippen LogP contribution in [0.1, 0.15) is 206 Å². The van der Waals surface area contributed by atoms with Crippen molar-refractivity contribution in [2.24, 2.45) is 0 Å². The van der Waals surface area contributed by atoms with E-state index in [2.05, 4.69) is 92.1 Å². The summed E-state index contributed by atoms with van der Waals surface area (Å²) in [5.41, 5.74) is 0. The first-order valence-electron chi connectivity index (χ1n) is 26.3. The van der Waals surface area contributed by atoms with Crippen molar-refractivity contribution in [2.45, 2.75) is 249 Å². The number of rotatable bonds is 43. The molecular weight excluding hydrogens is 815 g/mol. The molecule has 0 saturated carbocycles. The molecule has 1 aliphatic heterocycles. The van der Waals surface area contributed by atoms with Crippen molar-refractivity contribution < 1.29 is 39.8 Å². The highest BCUT2D eigenvalue weighted by molar-refractivity contribution is 5.76. The average Bonchev–Trinajstić information content (AvgIpc) is 3.31. The number of nitrogens with one attached hydrogen (secondary N) is 1. The highest BCUT2D eigenvalue weighted by Gasteiger charge is 2.44. The van der Waals surface area contributed by atoms with Crippen molar-refractivity contribution in [3.05, 3.63) is 85.1 Å². The second-order valence-electron chi connectivity index (χ2n) is 17.9. The van der Waals surface area contributed by atoms with Gasteiger partial charge in [0.1, 0.15) is 24.4 Å². The molecule has 374 valence electrons. The number of hydrogen-bond donors (Lipinski definition) is 6. The molecule has 9 heteroatoms. The lowest BCUT2D eigenvalue weighted by atomic mass is 9.99. The van der Waals surface area contributed by atoms with Crippen molar-refractivity contribution >= 4 is 5.91 Å². The van der Waals surface area contributed by atoms with Gasteiger partial charge in [0.2, 0.25) is 5.91 Å². The summed E-state index contributed by atoms with van der Waals surface area (Å²) in [5.74, 6) is -0.201. The van der Waals surface area contributed by atoms with Crippen LogP contribution in [0.15, 0.2) is 85.1 Å². The van der Waals surface area contributed by atoms with Gasteiger partial charge >= 0.3 is 0 Å². The summed E-state index contributed by atoms with van der Waals surface area (Å²) in [6, 6.07) is -0.833. The summed E-state index contributed by atoms with van der Waals surface area (Å²) in [7, 11) is 0. The topological polar surface area (TPSA) is 149 Å². The number of carbonyl (C=O) groups excluding carboxylic acids is 1. The number of allylic oxidation sites excluding steroid dienone is 13. The van der Waals surface area contributed by atoms with Crippen LogP contribution in [-0.2, 0) is 14.3 Å². The predicted octanol–water partition coefficient (Wildman–Crippen LogP) is 12.3. The Hall–Kier alpha value is -2.63. The first kappa shape index (κ1) is 60.4. The molecule has 0 aromatic rings. The van der Waals surface area contributed by atoms with Crippen LogP contribution in [0, 0.1) is 0 Å². The Morgan fingerprint density at radius 3 is 1.48 bits per heavy atom. The van der Waals surface area contributed by atoms with Crippen LogP contribution in [0.3, 0.4) is 0 Å². The van der Waals surface area contributed by atoms with Gasteiger partial charge in [-0.05, 0) is 77.0 Å². The third-order valence-corrected chi connectivity index (χ3v) is 12.0. The minimum absolute atomic E-state index is 0.201. The number of amides is 1. The molecule has 1 amide bonds. The molecule has 7 unspecified atom stereocenters. The molecule has 6 N–H and O–H groups in total. The fourth-order valence-corrected chi connectivity index (χ4v) is 7.79. The summed E-state index contributed by atoms with van der Waals surface area (Å²) in [5, 5.41) is 54.4. The monoisotopic (exact) mass is 912 g/mol. The molecule has 1 fully saturated rings. The summed E-state index contributed by atoms with van der Waals surface area (Å²) in [6.07, 6.45) is 56.3. The van der Waals surface area contributed by atoms with E-state index >= 15 is 0 Å². The average molecular weight is 912 g/mol. The lowest BCUT2D eigenvalue weighted by Gasteiger charge is -2.40. The lowest BCUT2D eigenvalue weighted by molar-refractivity contribution is -0.302. The Morgan fingerprint density at radius 2 is 0.969 bits per heavy atom. The van der Waals surface area contributed by atoms with Gasteiger partial charge in [0.05, 0.1) is 25.4 Å². The Labute approximate surface area is 397 Å². The van der Waals surface area contributed by atoms with Gasteiger partial charge in [-0.25, -0.2) is 0 Å². The molecule has 65 heavy (non-hydrogen) atoms. The molecule has 9 nitrogen and oxygen atoms in total. The molecule has 0 aromatic heterocycles. The van der Waals surface area contributed by atoms with Gasteiger partial charge in [-0.3, -0.25) is 4.79 Å². The standard InChI is InChI=1S/C56H97NO8/c1-3-5-7-9-11-13-15-17-19-21-23-24-25-26-28-30-32-34-36-38-40-42-44-46-52(60)57-49(48-64-56-55(63)54(62)53(61)51(47-58)65-56)50(59)45-43-41-39-37-35-33-31-29-27-22-20-18-16-14-12-10-8-6-4-2/h5,7,11,13,17,19,23-24,26,28,35,37,43,45,49-51,53-56,58-59,61-63H,3-4,6,8-10,12,14-16,18,20-22,25,27,29-34,36,38-42,44,46-48H2,1-2H3,(H,57,60)/b7-5-,13-11-,19-17-,24-23-,28-26-,37-35+,45-43+. The molecule has 0 aromatic carbocycles. The summed E-state index contributed by atoms with van der Waals surface area (Å²) in [4.78, 5) is 13.0. The third kappa shape index (κ3) is 35.2. The van der Waals surface area contributed by atoms with Gasteiger partial charge in [0.25, 0.3) is 0 Å². The van der Waals surface area contributed by atoms with Gasteiger partial charge in [-0.1, -0.05) is 208 Å². The van der Waals surface area contributed by atoms with Crippen molar-refractivity contribution in [3.63, 3.8) is 0 Å². The maximum absolute atomic E-state index is 13.0. The largest absolute Gasteiger partial charge is 0.394 e. The number of hydrogen-bond acceptors (Lipinski definition) is 8. The Kier molecular flexibility index (Phi) is 42.0. The molecule has 1 rings (SSSR count). The lowest BCUT2D eigenvalue weighted by Crippen LogP contribution is -2.60. The molecule has 0 aliphatic carbocycles. The molecule has 1 aliphatic rings. The van der Waals surface area contributed by atoms with Crippen LogP contribution in [-0.4, -0.2) is 87.5 Å². The second kappa shape index (κ2) is 45.2. The second-order valence-corrected chi connectivity index (χ2v) is 17.9. The Balaban J connectivity index is 2.33. The van der Waals surface area contributed by atoms with E-state index in [0.29, 0.717) is 6.42 Å². The summed E-state index contributed by atoms with van der Waals surface area (Å²) >= 11 is 0. The van der Waals surface area contributed by atoms with E-state index in [0.717, 1.165) is 83.5 Å². The first-order valence-corrected chi connectivity index (χ1v) is 26.3. The van der Waals surface area contributed by atoms with Crippen LogP contribution in [0.4, 0.5) is 0 Å². The first-order chi connectivity index (χ1) is 31.8. The van der Waals surface area contributed by atoms with Crippen molar-refractivity contribution in [1.82, 2.24) is 5.32 Å². The Morgan fingerprint density at radius 1 is 0.538 bits per heavy atom. The third-order valence-electron chi connectivity index (χ3n) is 12.0. The van der Waals surface area contributed by atoms with E-state index in [9.17, 15) is 30.3 Å². The summed E-state index contributed by atoms with van der Waals surface area (Å²) < 4.78 is 11.2. The van der Waals surface area contributed by atoms with Crippen LogP contribution in [0.5, 0.6) is 0 Å². The normalized spacial score (nSPS) is 20.6. The van der Waals surface area contributed by atoms with Gasteiger partial charge < -0.3 is 40.3 Å². The predicted molar refractivity (Wildman–Crippen MR) is 271 cm³/mol. The SMILES string of the molecule is CC/C=C\C/C=C\C/C=C\C/C=C\C/C=C\CCCCCCCCCC(=O)NC(COC1OC(CO)C(O)C(O)C1O)C(O)/C=C/CC/C=C/CCCCCCCCCCCCCCC. The molecule has 1 heterocycles. The fraction of sp³-hybridized carbons (Fsp3) is 0.732. The number of unbranched alkanes of at least 4 members (excludes halogenated alkanes) is 21. The van der Waals surface area contributed by atoms with Gasteiger partial charge in [0.15, 0.2) is 6.29 Å². The molecular formula is C56H97NO8. The van der Waals surface area contributed by atoms with Crippen molar-refractivity contribution in [3.8, 4) is 0 Å². The maximum atomic E-state index is 13.0. The molecule has 7 atom stereocenters. The van der Waals surface area contributed by atoms with Crippen LogP contribution in [0.2, 0.25) is 0 Å². The smallest absolute Gasteiger partial charge is 0.220 e. The van der Waals surface area contributed by atoms with E-state index in [1.165, 1.54) is 103 Å². The van der Waals surface area contributed by atoms with Crippen LogP contribution >= 0.6 is 0 Å². The van der Waals surface area contributed by atoms with Crippen molar-refractivity contribution in [1.29, 1.82) is 0 Å². The quantitative estimate of drug-likeness (QED) is 0.0262. The molecule has 0 spiro atoms. The molecule has 1 saturated heterocycles.